The van der Waals surface area contributed by atoms with Crippen molar-refractivity contribution >= 4 is 32.6 Å². The summed E-state index contributed by atoms with van der Waals surface area (Å²) in [4.78, 5) is 22.8. The van der Waals surface area contributed by atoms with Gasteiger partial charge in [-0.05, 0) is 86.1 Å². The molecule has 2 aromatic carbocycles. The lowest BCUT2D eigenvalue weighted by Gasteiger charge is -2.25. The summed E-state index contributed by atoms with van der Waals surface area (Å²) in [6.07, 6.45) is 5.68. The van der Waals surface area contributed by atoms with E-state index >= 15 is 0 Å². The maximum absolute atomic E-state index is 13.7. The van der Waals surface area contributed by atoms with E-state index in [1.807, 2.05) is 11.0 Å². The predicted molar refractivity (Wildman–Crippen MR) is 132 cm³/mol. The summed E-state index contributed by atoms with van der Waals surface area (Å²) < 4.78 is 1.15. The van der Waals surface area contributed by atoms with Crippen LogP contribution in [0.1, 0.15) is 60.7 Å². The fourth-order valence-electron chi connectivity index (χ4n) is 4.38. The van der Waals surface area contributed by atoms with Gasteiger partial charge in [-0.3, -0.25) is 9.69 Å². The van der Waals surface area contributed by atoms with Crippen molar-refractivity contribution in [1.29, 1.82) is 0 Å². The molecule has 0 radical (unpaired) electrons. The van der Waals surface area contributed by atoms with E-state index in [1.165, 1.54) is 29.5 Å². The summed E-state index contributed by atoms with van der Waals surface area (Å²) in [5.41, 5.74) is 5.82. The molecule has 0 atom stereocenters. The zero-order valence-electron chi connectivity index (χ0n) is 19.0. The topological polar surface area (TPSA) is 36.4 Å². The Morgan fingerprint density at radius 3 is 2.48 bits per heavy atom. The first kappa shape index (κ1) is 22.0. The van der Waals surface area contributed by atoms with Gasteiger partial charge in [-0.1, -0.05) is 44.2 Å². The Hall–Kier alpha value is -2.24. The lowest BCUT2D eigenvalue weighted by atomic mass is 9.90. The minimum Gasteiger partial charge on any atom is -0.302 e. The Labute approximate surface area is 189 Å². The molecule has 0 N–H and O–H groups in total. The molecule has 1 amide bonds. The van der Waals surface area contributed by atoms with Crippen LogP contribution in [0.2, 0.25) is 0 Å². The maximum atomic E-state index is 13.7. The van der Waals surface area contributed by atoms with E-state index in [0.717, 1.165) is 59.8 Å². The quantitative estimate of drug-likeness (QED) is 0.454. The van der Waals surface area contributed by atoms with Crippen molar-refractivity contribution in [2.45, 2.75) is 52.9 Å². The van der Waals surface area contributed by atoms with Gasteiger partial charge in [0.05, 0.1) is 10.2 Å². The van der Waals surface area contributed by atoms with E-state index in [2.05, 4.69) is 56.0 Å². The lowest BCUT2D eigenvalue weighted by molar-refractivity contribution is 0.0983. The highest BCUT2D eigenvalue weighted by Crippen LogP contribution is 2.31. The van der Waals surface area contributed by atoms with Crippen molar-refractivity contribution in [3.05, 3.63) is 58.7 Å². The Bertz CT molecular complexity index is 1050. The van der Waals surface area contributed by atoms with Gasteiger partial charge in [0.1, 0.15) is 0 Å². The molecule has 0 bridgehead atoms. The van der Waals surface area contributed by atoms with Crippen molar-refractivity contribution in [1.82, 2.24) is 9.88 Å². The molecule has 164 valence electrons. The highest BCUT2D eigenvalue weighted by molar-refractivity contribution is 7.22. The summed E-state index contributed by atoms with van der Waals surface area (Å²) >= 11 is 1.63. The molecule has 0 saturated heterocycles. The molecule has 0 unspecified atom stereocenters. The van der Waals surface area contributed by atoms with Crippen LogP contribution < -0.4 is 4.90 Å². The second-order valence-corrected chi connectivity index (χ2v) is 9.34. The van der Waals surface area contributed by atoms with Crippen molar-refractivity contribution in [3.63, 3.8) is 0 Å². The minimum atomic E-state index is 0.0651. The molecule has 3 aromatic rings. The molecule has 1 aliphatic carbocycles. The van der Waals surface area contributed by atoms with E-state index in [1.54, 1.807) is 11.3 Å². The Morgan fingerprint density at radius 1 is 0.968 bits per heavy atom. The van der Waals surface area contributed by atoms with Gasteiger partial charge < -0.3 is 4.90 Å². The number of benzene rings is 2. The number of fused-ring (bicyclic) bond motifs is 2. The van der Waals surface area contributed by atoms with Gasteiger partial charge in [0, 0.05) is 18.7 Å². The van der Waals surface area contributed by atoms with E-state index in [9.17, 15) is 4.79 Å². The van der Waals surface area contributed by atoms with Gasteiger partial charge in [0.15, 0.2) is 5.13 Å². The summed E-state index contributed by atoms with van der Waals surface area (Å²) in [7, 11) is 0. The molecule has 1 aliphatic rings. The first-order valence-electron chi connectivity index (χ1n) is 11.7. The number of anilines is 1. The molecule has 0 aliphatic heterocycles. The van der Waals surface area contributed by atoms with E-state index in [0.29, 0.717) is 6.54 Å². The zero-order valence-corrected chi connectivity index (χ0v) is 19.8. The summed E-state index contributed by atoms with van der Waals surface area (Å²) in [5, 5.41) is 0.804. The predicted octanol–water partition coefficient (Wildman–Crippen LogP) is 5.73. The number of likely N-dealkylation sites (N-methyl/N-ethyl adjacent to an activating group) is 1. The van der Waals surface area contributed by atoms with Crippen LogP contribution in [-0.4, -0.2) is 42.0 Å². The number of aromatic nitrogens is 1. The molecular formula is C26H33N3OS. The number of rotatable bonds is 8. The number of thiazole rings is 1. The first-order valence-corrected chi connectivity index (χ1v) is 12.5. The standard InChI is InChI=1S/C26H33N3OS/c1-4-19-11-14-23-24(17-19)31-26(27-23)29(16-15-28(5-2)6-3)25(30)22-13-12-20-9-7-8-10-21(20)18-22/h11-14,17-18H,4-10,15-16H2,1-3H3. The summed E-state index contributed by atoms with van der Waals surface area (Å²) in [6.45, 7) is 9.97. The number of hydrogen-bond acceptors (Lipinski definition) is 4. The van der Waals surface area contributed by atoms with Crippen molar-refractivity contribution in [2.24, 2.45) is 0 Å². The highest BCUT2D eigenvalue weighted by atomic mass is 32.1. The van der Waals surface area contributed by atoms with E-state index < -0.39 is 0 Å². The monoisotopic (exact) mass is 435 g/mol. The number of carbonyl (C=O) groups excluding carboxylic acids is 1. The number of aryl methyl sites for hydroxylation is 3. The number of hydrogen-bond donors (Lipinski definition) is 0. The van der Waals surface area contributed by atoms with Gasteiger partial charge in [-0.2, -0.15) is 0 Å². The highest BCUT2D eigenvalue weighted by Gasteiger charge is 2.23. The fraction of sp³-hybridized carbons (Fsp3) is 0.462. The Kier molecular flexibility index (Phi) is 7.03. The van der Waals surface area contributed by atoms with Crippen molar-refractivity contribution in [3.8, 4) is 0 Å². The van der Waals surface area contributed by atoms with Gasteiger partial charge in [0.2, 0.25) is 0 Å². The number of nitrogens with zero attached hydrogens (tertiary/aromatic N) is 3. The van der Waals surface area contributed by atoms with Crippen molar-refractivity contribution < 1.29 is 4.79 Å². The Balaban J connectivity index is 1.67. The van der Waals surface area contributed by atoms with E-state index in [4.69, 9.17) is 4.98 Å². The Morgan fingerprint density at radius 2 is 1.74 bits per heavy atom. The second kappa shape index (κ2) is 9.92. The van der Waals surface area contributed by atoms with Crippen molar-refractivity contribution in [2.75, 3.05) is 31.1 Å². The summed E-state index contributed by atoms with van der Waals surface area (Å²) in [6, 6.07) is 12.7. The maximum Gasteiger partial charge on any atom is 0.260 e. The molecule has 1 heterocycles. The lowest BCUT2D eigenvalue weighted by Crippen LogP contribution is -2.39. The van der Waals surface area contributed by atoms with Crippen LogP contribution in [0.25, 0.3) is 10.2 Å². The molecule has 0 spiro atoms. The van der Waals surface area contributed by atoms with Gasteiger partial charge in [-0.25, -0.2) is 4.98 Å². The smallest absolute Gasteiger partial charge is 0.260 e. The first-order chi connectivity index (χ1) is 15.1. The van der Waals surface area contributed by atoms with E-state index in [-0.39, 0.29) is 5.91 Å². The molecule has 0 fully saturated rings. The number of carbonyl (C=O) groups is 1. The third kappa shape index (κ3) is 4.83. The largest absolute Gasteiger partial charge is 0.302 e. The van der Waals surface area contributed by atoms with Gasteiger partial charge in [0.25, 0.3) is 5.91 Å². The van der Waals surface area contributed by atoms with Crippen LogP contribution in [0.4, 0.5) is 5.13 Å². The average Bonchev–Trinajstić information content (AvgIpc) is 3.24. The van der Waals surface area contributed by atoms with Crippen LogP contribution in [0.3, 0.4) is 0 Å². The van der Waals surface area contributed by atoms with Crippen LogP contribution in [0.5, 0.6) is 0 Å². The molecular weight excluding hydrogens is 402 g/mol. The molecule has 4 rings (SSSR count). The third-order valence-electron chi connectivity index (χ3n) is 6.46. The average molecular weight is 436 g/mol. The normalized spacial score (nSPS) is 13.5. The molecule has 1 aromatic heterocycles. The van der Waals surface area contributed by atoms with Crippen LogP contribution in [0, 0.1) is 0 Å². The molecule has 31 heavy (non-hydrogen) atoms. The third-order valence-corrected chi connectivity index (χ3v) is 7.50. The zero-order chi connectivity index (χ0) is 21.8. The number of amides is 1. The summed E-state index contributed by atoms with van der Waals surface area (Å²) in [5.74, 6) is 0.0651. The van der Waals surface area contributed by atoms with Crippen LogP contribution in [-0.2, 0) is 19.3 Å². The molecule has 0 saturated carbocycles. The van der Waals surface area contributed by atoms with Gasteiger partial charge in [-0.15, -0.1) is 0 Å². The SMILES string of the molecule is CCc1ccc2nc(N(CCN(CC)CC)C(=O)c3ccc4c(c3)CCCC4)sc2c1. The molecule has 4 nitrogen and oxygen atoms in total. The van der Waals surface area contributed by atoms with Gasteiger partial charge >= 0.3 is 0 Å². The fourth-order valence-corrected chi connectivity index (χ4v) is 5.43. The second-order valence-electron chi connectivity index (χ2n) is 8.33. The van der Waals surface area contributed by atoms with Crippen LogP contribution in [0.15, 0.2) is 36.4 Å². The molecule has 5 heteroatoms. The van der Waals surface area contributed by atoms with Crippen LogP contribution >= 0.6 is 11.3 Å². The minimum absolute atomic E-state index is 0.0651.